The maximum Gasteiger partial charge on any atom is 0.419 e. The van der Waals surface area contributed by atoms with E-state index < -0.39 is 11.7 Å². The zero-order valence-corrected chi connectivity index (χ0v) is 18.4. The molecule has 0 spiro atoms. The second-order valence-electron chi connectivity index (χ2n) is 8.26. The molecule has 0 radical (unpaired) electrons. The van der Waals surface area contributed by atoms with Crippen LogP contribution in [0.1, 0.15) is 37.8 Å². The number of aromatic amines is 1. The molecule has 1 fully saturated rings. The number of nitrogens with one attached hydrogen (secondary N) is 3. The van der Waals surface area contributed by atoms with Crippen LogP contribution in [-0.4, -0.2) is 33.1 Å². The molecule has 2 aromatic heterocycles. The van der Waals surface area contributed by atoms with Crippen LogP contribution in [0.15, 0.2) is 29.0 Å². The number of aromatic nitrogens is 3. The maximum atomic E-state index is 13.7. The quantitative estimate of drug-likeness (QED) is 0.466. The Balaban J connectivity index is 1.76. The number of alkyl halides is 3. The predicted octanol–water partition coefficient (Wildman–Crippen LogP) is 5.22. The van der Waals surface area contributed by atoms with Crippen LogP contribution in [0, 0.1) is 11.3 Å². The van der Waals surface area contributed by atoms with E-state index >= 15 is 0 Å². The SMILES string of the molecule is CC1(C)CCC(Nc2ncc(C(F)(F)F)c(-c3c[nH]c4c(Br)c(C#N)ccc34)n2)CN1. The first-order valence-corrected chi connectivity index (χ1v) is 10.5. The van der Waals surface area contributed by atoms with Crippen molar-refractivity contribution in [3.05, 3.63) is 40.1 Å². The summed E-state index contributed by atoms with van der Waals surface area (Å²) in [7, 11) is 0. The molecule has 31 heavy (non-hydrogen) atoms. The Hall–Kier alpha value is -2.64. The first kappa shape index (κ1) is 21.6. The Bertz CT molecular complexity index is 1170. The molecule has 4 rings (SSSR count). The Morgan fingerprint density at radius 3 is 2.74 bits per heavy atom. The summed E-state index contributed by atoms with van der Waals surface area (Å²) in [6.45, 7) is 4.90. The van der Waals surface area contributed by atoms with E-state index in [2.05, 4.69) is 55.4 Å². The first-order chi connectivity index (χ1) is 14.6. The molecular formula is C21H20BrF3N6. The molecule has 10 heteroatoms. The molecule has 1 atom stereocenters. The maximum absolute atomic E-state index is 13.7. The number of rotatable bonds is 3. The van der Waals surface area contributed by atoms with Crippen LogP contribution in [0.2, 0.25) is 0 Å². The number of benzene rings is 1. The third-order valence-electron chi connectivity index (χ3n) is 5.54. The minimum absolute atomic E-state index is 0.0212. The van der Waals surface area contributed by atoms with Gasteiger partial charge in [-0.3, -0.25) is 0 Å². The monoisotopic (exact) mass is 492 g/mol. The molecule has 162 valence electrons. The van der Waals surface area contributed by atoms with Crippen LogP contribution in [0.25, 0.3) is 22.2 Å². The molecule has 6 nitrogen and oxygen atoms in total. The molecule has 0 amide bonds. The number of anilines is 1. The minimum Gasteiger partial charge on any atom is -0.360 e. The van der Waals surface area contributed by atoms with Crippen LogP contribution in [0.4, 0.5) is 19.1 Å². The molecule has 1 unspecified atom stereocenters. The minimum atomic E-state index is -4.61. The second kappa shape index (κ2) is 7.80. The third kappa shape index (κ3) is 4.25. The number of nitrogens with zero attached hydrogens (tertiary/aromatic N) is 3. The number of hydrogen-bond donors (Lipinski definition) is 3. The zero-order valence-electron chi connectivity index (χ0n) is 16.9. The van der Waals surface area contributed by atoms with Gasteiger partial charge in [0, 0.05) is 41.5 Å². The lowest BCUT2D eigenvalue weighted by Crippen LogP contribution is -2.50. The van der Waals surface area contributed by atoms with E-state index in [9.17, 15) is 18.4 Å². The van der Waals surface area contributed by atoms with E-state index in [-0.39, 0.29) is 23.2 Å². The second-order valence-corrected chi connectivity index (χ2v) is 9.06. The zero-order chi connectivity index (χ0) is 22.4. The Kier molecular flexibility index (Phi) is 5.43. The van der Waals surface area contributed by atoms with Crippen molar-refractivity contribution in [2.24, 2.45) is 0 Å². The van der Waals surface area contributed by atoms with Gasteiger partial charge in [-0.1, -0.05) is 6.07 Å². The Morgan fingerprint density at radius 2 is 2.10 bits per heavy atom. The summed E-state index contributed by atoms with van der Waals surface area (Å²) in [4.78, 5) is 11.2. The fraction of sp³-hybridized carbons (Fsp3) is 0.381. The molecule has 3 aromatic rings. The third-order valence-corrected chi connectivity index (χ3v) is 6.36. The van der Waals surface area contributed by atoms with Gasteiger partial charge in [0.1, 0.15) is 11.6 Å². The highest BCUT2D eigenvalue weighted by atomic mass is 79.9. The molecule has 3 heterocycles. The van der Waals surface area contributed by atoms with Crippen LogP contribution in [0.3, 0.4) is 0 Å². The first-order valence-electron chi connectivity index (χ1n) is 9.75. The van der Waals surface area contributed by atoms with Crippen LogP contribution in [-0.2, 0) is 6.18 Å². The highest BCUT2D eigenvalue weighted by Crippen LogP contribution is 2.40. The summed E-state index contributed by atoms with van der Waals surface area (Å²) in [6.07, 6.45) is -0.532. The van der Waals surface area contributed by atoms with Crippen molar-refractivity contribution in [3.63, 3.8) is 0 Å². The van der Waals surface area contributed by atoms with Crippen molar-refractivity contribution < 1.29 is 13.2 Å². The van der Waals surface area contributed by atoms with E-state index in [1.165, 1.54) is 6.20 Å². The summed E-state index contributed by atoms with van der Waals surface area (Å²) < 4.78 is 41.7. The lowest BCUT2D eigenvalue weighted by Gasteiger charge is -2.36. The molecule has 1 aromatic carbocycles. The van der Waals surface area contributed by atoms with Crippen molar-refractivity contribution in [3.8, 4) is 17.3 Å². The number of fused-ring (bicyclic) bond motifs is 1. The van der Waals surface area contributed by atoms with Crippen LogP contribution < -0.4 is 10.6 Å². The van der Waals surface area contributed by atoms with Crippen molar-refractivity contribution in [1.82, 2.24) is 20.3 Å². The number of nitriles is 1. The molecule has 3 N–H and O–H groups in total. The number of piperidine rings is 1. The van der Waals surface area contributed by atoms with E-state index in [1.54, 1.807) is 12.1 Å². The standard InChI is InChI=1S/C21H20BrF3N6/c1-20(2)6-5-12(8-29-20)30-19-28-10-15(21(23,24)25)17(31-19)14-9-27-18-13(14)4-3-11(7-26)16(18)22/h3-4,9-10,12,27,29H,5-6,8H2,1-2H3,(H,28,30,31). The normalized spacial score (nSPS) is 18.7. The largest absolute Gasteiger partial charge is 0.419 e. The molecular weight excluding hydrogens is 473 g/mol. The summed E-state index contributed by atoms with van der Waals surface area (Å²) in [6, 6.07) is 5.25. The van der Waals surface area contributed by atoms with Gasteiger partial charge in [0.05, 0.1) is 21.2 Å². The lowest BCUT2D eigenvalue weighted by molar-refractivity contribution is -0.137. The number of hydrogen-bond acceptors (Lipinski definition) is 5. The van der Waals surface area contributed by atoms with Crippen molar-refractivity contribution in [1.29, 1.82) is 5.26 Å². The van der Waals surface area contributed by atoms with Crippen molar-refractivity contribution in [2.75, 3.05) is 11.9 Å². The average Bonchev–Trinajstić information content (AvgIpc) is 3.14. The van der Waals surface area contributed by atoms with Gasteiger partial charge in [0.2, 0.25) is 5.95 Å². The molecule has 0 saturated carbocycles. The Labute approximate surface area is 185 Å². The number of H-pyrrole nitrogens is 1. The summed E-state index contributed by atoms with van der Waals surface area (Å²) >= 11 is 3.35. The Morgan fingerprint density at radius 1 is 1.32 bits per heavy atom. The topological polar surface area (TPSA) is 89.4 Å². The number of halogens is 4. The smallest absolute Gasteiger partial charge is 0.360 e. The van der Waals surface area contributed by atoms with Gasteiger partial charge in [-0.15, -0.1) is 0 Å². The summed E-state index contributed by atoms with van der Waals surface area (Å²) in [5.41, 5.74) is 0.119. The van der Waals surface area contributed by atoms with E-state index in [1.807, 2.05) is 6.07 Å². The van der Waals surface area contributed by atoms with Gasteiger partial charge in [0.15, 0.2) is 0 Å². The van der Waals surface area contributed by atoms with Crippen molar-refractivity contribution >= 4 is 32.8 Å². The van der Waals surface area contributed by atoms with Crippen molar-refractivity contribution in [2.45, 2.75) is 44.4 Å². The summed E-state index contributed by atoms with van der Waals surface area (Å²) in [5.74, 6) is 0.150. The predicted molar refractivity (Wildman–Crippen MR) is 115 cm³/mol. The molecule has 1 aliphatic heterocycles. The average molecular weight is 493 g/mol. The highest BCUT2D eigenvalue weighted by Gasteiger charge is 2.36. The molecule has 0 bridgehead atoms. The van der Waals surface area contributed by atoms with Gasteiger partial charge in [0.25, 0.3) is 0 Å². The van der Waals surface area contributed by atoms with E-state index in [0.29, 0.717) is 33.0 Å². The lowest BCUT2D eigenvalue weighted by atomic mass is 9.91. The van der Waals surface area contributed by atoms with Gasteiger partial charge in [-0.05, 0) is 48.7 Å². The van der Waals surface area contributed by atoms with Gasteiger partial charge in [-0.25, -0.2) is 9.97 Å². The fourth-order valence-corrected chi connectivity index (χ4v) is 4.29. The van der Waals surface area contributed by atoms with E-state index in [4.69, 9.17) is 0 Å². The van der Waals surface area contributed by atoms with Gasteiger partial charge >= 0.3 is 6.18 Å². The van der Waals surface area contributed by atoms with E-state index in [0.717, 1.165) is 19.0 Å². The molecule has 1 saturated heterocycles. The highest BCUT2D eigenvalue weighted by molar-refractivity contribution is 9.10. The van der Waals surface area contributed by atoms with Gasteiger partial charge < -0.3 is 15.6 Å². The molecule has 1 aliphatic rings. The fourth-order valence-electron chi connectivity index (χ4n) is 3.74. The van der Waals surface area contributed by atoms with Crippen LogP contribution in [0.5, 0.6) is 0 Å². The molecule has 0 aliphatic carbocycles. The van der Waals surface area contributed by atoms with Crippen LogP contribution >= 0.6 is 15.9 Å². The van der Waals surface area contributed by atoms with Gasteiger partial charge in [-0.2, -0.15) is 18.4 Å². The summed E-state index contributed by atoms with van der Waals surface area (Å²) in [5, 5.41) is 16.3.